The van der Waals surface area contributed by atoms with Crippen LogP contribution in [-0.4, -0.2) is 76.9 Å². The molecular formula is C18H30N6S. The van der Waals surface area contributed by atoms with Gasteiger partial charge >= 0.3 is 0 Å². The highest BCUT2D eigenvalue weighted by atomic mass is 32.1. The number of likely N-dealkylation sites (N-methyl/N-ethyl adjacent to an activating group) is 1. The summed E-state index contributed by atoms with van der Waals surface area (Å²) < 4.78 is 3.15. The molecule has 2 aromatic heterocycles. The molecule has 2 aliphatic rings. The van der Waals surface area contributed by atoms with Crippen LogP contribution >= 0.6 is 11.3 Å². The van der Waals surface area contributed by atoms with Gasteiger partial charge in [0, 0.05) is 52.4 Å². The van der Waals surface area contributed by atoms with Crippen LogP contribution in [0.3, 0.4) is 0 Å². The standard InChI is InChI=1S/C18H30N6S/c1-13-16-17(22(4)20-13)19-18(25-16)24-7-5-15(6-8-24)14(2)23-11-9-21(3)10-12-23/h14-15H,5-12H2,1-4H3. The van der Waals surface area contributed by atoms with Gasteiger partial charge in [0.15, 0.2) is 10.8 Å². The summed E-state index contributed by atoms with van der Waals surface area (Å²) >= 11 is 1.80. The summed E-state index contributed by atoms with van der Waals surface area (Å²) in [5.41, 5.74) is 2.13. The Morgan fingerprint density at radius 2 is 1.72 bits per heavy atom. The molecule has 0 amide bonds. The summed E-state index contributed by atoms with van der Waals surface area (Å²) in [4.78, 5) is 12.5. The molecule has 1 atom stereocenters. The summed E-state index contributed by atoms with van der Waals surface area (Å²) in [5, 5.41) is 5.64. The van der Waals surface area contributed by atoms with E-state index >= 15 is 0 Å². The fourth-order valence-corrected chi connectivity index (χ4v) is 5.39. The smallest absolute Gasteiger partial charge is 0.188 e. The molecule has 25 heavy (non-hydrogen) atoms. The molecular weight excluding hydrogens is 332 g/mol. The molecule has 2 saturated heterocycles. The van der Waals surface area contributed by atoms with Crippen LogP contribution in [0.2, 0.25) is 0 Å². The van der Waals surface area contributed by atoms with E-state index in [4.69, 9.17) is 4.98 Å². The molecule has 0 N–H and O–H groups in total. The highest BCUT2D eigenvalue weighted by Gasteiger charge is 2.30. The molecule has 0 aromatic carbocycles. The van der Waals surface area contributed by atoms with Gasteiger partial charge in [-0.05, 0) is 39.7 Å². The lowest BCUT2D eigenvalue weighted by atomic mass is 9.89. The quantitative estimate of drug-likeness (QED) is 0.837. The van der Waals surface area contributed by atoms with Gasteiger partial charge in [0.2, 0.25) is 0 Å². The van der Waals surface area contributed by atoms with E-state index in [1.807, 2.05) is 11.7 Å². The van der Waals surface area contributed by atoms with Crippen LogP contribution in [0.1, 0.15) is 25.5 Å². The molecule has 0 aliphatic carbocycles. The molecule has 4 rings (SSSR count). The van der Waals surface area contributed by atoms with Crippen molar-refractivity contribution in [2.45, 2.75) is 32.7 Å². The van der Waals surface area contributed by atoms with Crippen molar-refractivity contribution in [2.75, 3.05) is 51.2 Å². The van der Waals surface area contributed by atoms with Crippen LogP contribution in [0.25, 0.3) is 10.3 Å². The number of fused-ring (bicyclic) bond motifs is 1. The minimum Gasteiger partial charge on any atom is -0.348 e. The predicted molar refractivity (Wildman–Crippen MR) is 105 cm³/mol. The molecule has 0 radical (unpaired) electrons. The topological polar surface area (TPSA) is 40.4 Å². The first kappa shape index (κ1) is 17.2. The minimum atomic E-state index is 0.706. The van der Waals surface area contributed by atoms with Crippen molar-refractivity contribution in [2.24, 2.45) is 13.0 Å². The van der Waals surface area contributed by atoms with Gasteiger partial charge in [-0.15, -0.1) is 0 Å². The number of thiazole rings is 1. The lowest BCUT2D eigenvalue weighted by Gasteiger charge is -2.42. The first-order valence-electron chi connectivity index (χ1n) is 9.50. The van der Waals surface area contributed by atoms with E-state index in [1.54, 1.807) is 11.3 Å². The van der Waals surface area contributed by atoms with Crippen molar-refractivity contribution in [3.05, 3.63) is 5.69 Å². The number of piperidine rings is 1. The molecule has 7 heteroatoms. The monoisotopic (exact) mass is 362 g/mol. The first-order chi connectivity index (χ1) is 12.0. The fraction of sp³-hybridized carbons (Fsp3) is 0.778. The molecule has 2 aliphatic heterocycles. The van der Waals surface area contributed by atoms with Gasteiger partial charge in [0.1, 0.15) is 0 Å². The zero-order chi connectivity index (χ0) is 17.6. The number of rotatable bonds is 3. The number of anilines is 1. The Kier molecular flexibility index (Phi) is 4.73. The van der Waals surface area contributed by atoms with Crippen molar-refractivity contribution < 1.29 is 0 Å². The molecule has 1 unspecified atom stereocenters. The highest BCUT2D eigenvalue weighted by molar-refractivity contribution is 7.22. The fourth-order valence-electron chi connectivity index (χ4n) is 4.31. The highest BCUT2D eigenvalue weighted by Crippen LogP contribution is 2.34. The van der Waals surface area contributed by atoms with Crippen molar-refractivity contribution in [1.29, 1.82) is 0 Å². The van der Waals surface area contributed by atoms with Crippen LogP contribution in [0.5, 0.6) is 0 Å². The molecule has 6 nitrogen and oxygen atoms in total. The number of piperazine rings is 1. The van der Waals surface area contributed by atoms with E-state index < -0.39 is 0 Å². The van der Waals surface area contributed by atoms with Crippen molar-refractivity contribution in [1.82, 2.24) is 24.6 Å². The number of nitrogens with zero attached hydrogens (tertiary/aromatic N) is 6. The van der Waals surface area contributed by atoms with Gasteiger partial charge in [0.05, 0.1) is 10.4 Å². The molecule has 0 saturated carbocycles. The SMILES string of the molecule is Cc1nn(C)c2nc(N3CCC(C(C)N4CCN(C)CC4)CC3)sc12. The lowest BCUT2D eigenvalue weighted by Crippen LogP contribution is -2.51. The van der Waals surface area contributed by atoms with Crippen LogP contribution in [0, 0.1) is 12.8 Å². The van der Waals surface area contributed by atoms with E-state index in [9.17, 15) is 0 Å². The van der Waals surface area contributed by atoms with Crippen LogP contribution in [0.4, 0.5) is 5.13 Å². The third-order valence-corrected chi connectivity index (χ3v) is 7.35. The molecule has 0 bridgehead atoms. The maximum atomic E-state index is 4.85. The number of hydrogen-bond donors (Lipinski definition) is 0. The summed E-state index contributed by atoms with van der Waals surface area (Å²) in [6, 6.07) is 0.706. The molecule has 2 aromatic rings. The van der Waals surface area contributed by atoms with Gasteiger partial charge in [-0.2, -0.15) is 5.10 Å². The second-order valence-electron chi connectivity index (χ2n) is 7.76. The van der Waals surface area contributed by atoms with Crippen LogP contribution in [0.15, 0.2) is 0 Å². The summed E-state index contributed by atoms with van der Waals surface area (Å²) in [7, 11) is 4.22. The third-order valence-electron chi connectivity index (χ3n) is 6.14. The van der Waals surface area contributed by atoms with E-state index in [2.05, 4.69) is 40.7 Å². The second kappa shape index (κ2) is 6.85. The number of aromatic nitrogens is 3. The van der Waals surface area contributed by atoms with Gasteiger partial charge in [0.25, 0.3) is 0 Å². The lowest BCUT2D eigenvalue weighted by molar-refractivity contribution is 0.0814. The summed E-state index contributed by atoms with van der Waals surface area (Å²) in [6.07, 6.45) is 2.56. The molecule has 4 heterocycles. The van der Waals surface area contributed by atoms with E-state index in [0.717, 1.165) is 30.3 Å². The van der Waals surface area contributed by atoms with E-state index in [1.165, 1.54) is 48.9 Å². The zero-order valence-corrected chi connectivity index (χ0v) is 16.7. The van der Waals surface area contributed by atoms with Gasteiger partial charge in [-0.1, -0.05) is 11.3 Å². The summed E-state index contributed by atoms with van der Waals surface area (Å²) in [5.74, 6) is 0.817. The Bertz CT molecular complexity index is 687. The van der Waals surface area contributed by atoms with Crippen molar-refractivity contribution >= 4 is 26.8 Å². The normalized spacial score (nSPS) is 22.8. The number of aryl methyl sites for hydroxylation is 2. The number of hydrogen-bond acceptors (Lipinski definition) is 6. The maximum Gasteiger partial charge on any atom is 0.188 e. The van der Waals surface area contributed by atoms with Gasteiger partial charge in [-0.3, -0.25) is 4.90 Å². The average molecular weight is 363 g/mol. The maximum absolute atomic E-state index is 4.85. The largest absolute Gasteiger partial charge is 0.348 e. The Balaban J connectivity index is 1.38. The van der Waals surface area contributed by atoms with E-state index in [0.29, 0.717) is 6.04 Å². The van der Waals surface area contributed by atoms with Crippen LogP contribution < -0.4 is 4.90 Å². The molecule has 2 fully saturated rings. The Morgan fingerprint density at radius 3 is 2.36 bits per heavy atom. The van der Waals surface area contributed by atoms with Crippen molar-refractivity contribution in [3.8, 4) is 0 Å². The predicted octanol–water partition coefficient (Wildman–Crippen LogP) is 2.19. The third kappa shape index (κ3) is 3.29. The van der Waals surface area contributed by atoms with Crippen LogP contribution in [-0.2, 0) is 7.05 Å². The Labute approximate surface area is 154 Å². The zero-order valence-electron chi connectivity index (χ0n) is 15.9. The van der Waals surface area contributed by atoms with Gasteiger partial charge < -0.3 is 9.80 Å². The molecule has 0 spiro atoms. The Morgan fingerprint density at radius 1 is 1.04 bits per heavy atom. The Hall–Kier alpha value is -1.18. The molecule has 138 valence electrons. The first-order valence-corrected chi connectivity index (χ1v) is 10.3. The minimum absolute atomic E-state index is 0.706. The average Bonchev–Trinajstić information content (AvgIpc) is 3.17. The van der Waals surface area contributed by atoms with E-state index in [-0.39, 0.29) is 0 Å². The second-order valence-corrected chi connectivity index (χ2v) is 8.74. The van der Waals surface area contributed by atoms with Crippen molar-refractivity contribution in [3.63, 3.8) is 0 Å². The summed E-state index contributed by atoms with van der Waals surface area (Å²) in [6.45, 7) is 11.7. The van der Waals surface area contributed by atoms with Gasteiger partial charge in [-0.25, -0.2) is 9.67 Å².